The zero-order valence-corrected chi connectivity index (χ0v) is 15.7. The van der Waals surface area contributed by atoms with Crippen LogP contribution in [-0.2, 0) is 17.3 Å². The van der Waals surface area contributed by atoms with E-state index in [1.54, 1.807) is 16.0 Å². The van der Waals surface area contributed by atoms with E-state index < -0.39 is 0 Å². The highest BCUT2D eigenvalue weighted by Crippen LogP contribution is 2.29. The van der Waals surface area contributed by atoms with Crippen molar-refractivity contribution in [3.63, 3.8) is 0 Å². The summed E-state index contributed by atoms with van der Waals surface area (Å²) >= 11 is 3.00. The minimum Gasteiger partial charge on any atom is -0.310 e. The molecule has 1 amide bonds. The molecule has 3 heterocycles. The number of rotatable bonds is 4. The highest BCUT2D eigenvalue weighted by atomic mass is 32.2. The van der Waals surface area contributed by atoms with Crippen molar-refractivity contribution < 1.29 is 4.79 Å². The number of fused-ring (bicyclic) bond motifs is 1. The number of nitrogens with zero attached hydrogens (tertiary/aromatic N) is 4. The fraction of sp³-hybridized carbons (Fsp3) is 0.375. The predicted octanol–water partition coefficient (Wildman–Crippen LogP) is 3.45. The maximum absolute atomic E-state index is 12.3. The minimum absolute atomic E-state index is 0.0543. The van der Waals surface area contributed by atoms with Crippen molar-refractivity contribution in [3.8, 4) is 0 Å². The number of aryl methyl sites for hydroxylation is 1. The van der Waals surface area contributed by atoms with Gasteiger partial charge in [-0.1, -0.05) is 32.5 Å². The SMILES string of the molecule is Cn1nc(C(C)(C)C)cc1NC(=O)CSc1ncnc2ccsc12. The Morgan fingerprint density at radius 1 is 1.38 bits per heavy atom. The lowest BCUT2D eigenvalue weighted by Gasteiger charge is -2.13. The van der Waals surface area contributed by atoms with Gasteiger partial charge in [-0.15, -0.1) is 11.3 Å². The third-order valence-electron chi connectivity index (χ3n) is 3.47. The first kappa shape index (κ1) is 16.9. The lowest BCUT2D eigenvalue weighted by atomic mass is 9.92. The molecule has 0 atom stereocenters. The Bertz CT molecular complexity index is 878. The van der Waals surface area contributed by atoms with Gasteiger partial charge in [-0.3, -0.25) is 9.48 Å². The van der Waals surface area contributed by atoms with Crippen molar-refractivity contribution in [2.45, 2.75) is 31.2 Å². The second-order valence-electron chi connectivity index (χ2n) is 6.44. The smallest absolute Gasteiger partial charge is 0.235 e. The summed E-state index contributed by atoms with van der Waals surface area (Å²) in [6, 6.07) is 3.88. The van der Waals surface area contributed by atoms with Gasteiger partial charge in [0.25, 0.3) is 0 Å². The quantitative estimate of drug-likeness (QED) is 0.569. The summed E-state index contributed by atoms with van der Waals surface area (Å²) in [5, 5.41) is 10.2. The van der Waals surface area contributed by atoms with Crippen molar-refractivity contribution in [2.24, 2.45) is 7.05 Å². The van der Waals surface area contributed by atoms with Crippen LogP contribution in [0, 0.1) is 0 Å². The van der Waals surface area contributed by atoms with Gasteiger partial charge in [0.2, 0.25) is 5.91 Å². The van der Waals surface area contributed by atoms with E-state index in [-0.39, 0.29) is 11.3 Å². The number of thioether (sulfide) groups is 1. The van der Waals surface area contributed by atoms with E-state index in [9.17, 15) is 4.79 Å². The predicted molar refractivity (Wildman–Crippen MR) is 98.7 cm³/mol. The molecular formula is C16H19N5OS2. The molecule has 6 nitrogen and oxygen atoms in total. The van der Waals surface area contributed by atoms with Crippen molar-refractivity contribution in [3.05, 3.63) is 29.5 Å². The lowest BCUT2D eigenvalue weighted by molar-refractivity contribution is -0.113. The van der Waals surface area contributed by atoms with Crippen LogP contribution in [0.1, 0.15) is 26.5 Å². The third-order valence-corrected chi connectivity index (χ3v) is 5.50. The Morgan fingerprint density at radius 3 is 2.88 bits per heavy atom. The topological polar surface area (TPSA) is 72.7 Å². The first-order valence-corrected chi connectivity index (χ1v) is 9.36. The van der Waals surface area contributed by atoms with Crippen LogP contribution in [0.5, 0.6) is 0 Å². The number of thiophene rings is 1. The first-order chi connectivity index (χ1) is 11.3. The van der Waals surface area contributed by atoms with Gasteiger partial charge in [-0.05, 0) is 11.4 Å². The first-order valence-electron chi connectivity index (χ1n) is 7.50. The van der Waals surface area contributed by atoms with Crippen LogP contribution in [0.4, 0.5) is 5.82 Å². The maximum Gasteiger partial charge on any atom is 0.235 e. The molecule has 0 saturated carbocycles. The van der Waals surface area contributed by atoms with Gasteiger partial charge in [0, 0.05) is 18.5 Å². The molecule has 1 N–H and O–H groups in total. The van der Waals surface area contributed by atoms with Crippen molar-refractivity contribution >= 4 is 45.0 Å². The molecular weight excluding hydrogens is 342 g/mol. The summed E-state index contributed by atoms with van der Waals surface area (Å²) in [7, 11) is 1.83. The van der Waals surface area contributed by atoms with E-state index in [0.29, 0.717) is 11.6 Å². The number of carbonyl (C=O) groups excluding carboxylic acids is 1. The van der Waals surface area contributed by atoms with Crippen LogP contribution in [0.3, 0.4) is 0 Å². The van der Waals surface area contributed by atoms with Gasteiger partial charge in [-0.25, -0.2) is 9.97 Å². The van der Waals surface area contributed by atoms with E-state index in [1.807, 2.05) is 24.6 Å². The van der Waals surface area contributed by atoms with Crippen molar-refractivity contribution in [1.82, 2.24) is 19.7 Å². The summed E-state index contributed by atoms with van der Waals surface area (Å²) in [6.45, 7) is 6.29. The number of hydrogen-bond acceptors (Lipinski definition) is 6. The maximum atomic E-state index is 12.3. The minimum atomic E-state index is -0.0771. The zero-order valence-electron chi connectivity index (χ0n) is 14.0. The molecule has 0 aliphatic rings. The van der Waals surface area contributed by atoms with E-state index in [1.165, 1.54) is 18.1 Å². The molecule has 3 rings (SSSR count). The van der Waals surface area contributed by atoms with Crippen LogP contribution in [0.2, 0.25) is 0 Å². The Morgan fingerprint density at radius 2 is 2.17 bits per heavy atom. The average molecular weight is 361 g/mol. The number of anilines is 1. The Balaban J connectivity index is 1.66. The molecule has 0 fully saturated rings. The third kappa shape index (κ3) is 3.59. The van der Waals surface area contributed by atoms with E-state index in [2.05, 4.69) is 41.2 Å². The Hall–Kier alpha value is -1.93. The molecule has 0 aliphatic heterocycles. The second-order valence-corrected chi connectivity index (χ2v) is 8.32. The van der Waals surface area contributed by atoms with E-state index in [4.69, 9.17) is 0 Å². The fourth-order valence-corrected chi connectivity index (χ4v) is 3.88. The lowest BCUT2D eigenvalue weighted by Crippen LogP contribution is -2.16. The second kappa shape index (κ2) is 6.52. The molecule has 0 aliphatic carbocycles. The number of carbonyl (C=O) groups is 1. The van der Waals surface area contributed by atoms with Gasteiger partial charge < -0.3 is 5.32 Å². The number of aromatic nitrogens is 4. The highest BCUT2D eigenvalue weighted by molar-refractivity contribution is 8.00. The van der Waals surface area contributed by atoms with E-state index in [0.717, 1.165) is 20.9 Å². The Kier molecular flexibility index (Phi) is 4.60. The summed E-state index contributed by atoms with van der Waals surface area (Å²) in [4.78, 5) is 20.7. The normalized spacial score (nSPS) is 11.8. The summed E-state index contributed by atoms with van der Waals surface area (Å²) in [5.41, 5.74) is 1.81. The molecule has 8 heteroatoms. The van der Waals surface area contributed by atoms with Gasteiger partial charge in [0.05, 0.1) is 21.7 Å². The van der Waals surface area contributed by atoms with Crippen LogP contribution >= 0.6 is 23.1 Å². The number of hydrogen-bond donors (Lipinski definition) is 1. The largest absolute Gasteiger partial charge is 0.310 e. The summed E-state index contributed by atoms with van der Waals surface area (Å²) < 4.78 is 2.72. The highest BCUT2D eigenvalue weighted by Gasteiger charge is 2.19. The van der Waals surface area contributed by atoms with E-state index >= 15 is 0 Å². The average Bonchev–Trinajstić information content (AvgIpc) is 3.12. The standard InChI is InChI=1S/C16H19N5OS2/c1-16(2,3)11-7-12(21(4)20-11)19-13(22)8-24-15-14-10(5-6-23-14)17-9-18-15/h5-7,9H,8H2,1-4H3,(H,19,22). The van der Waals surface area contributed by atoms with Gasteiger partial charge in [0.15, 0.2) is 0 Å². The molecule has 24 heavy (non-hydrogen) atoms. The molecule has 0 bridgehead atoms. The molecule has 0 radical (unpaired) electrons. The fourth-order valence-electron chi connectivity index (χ4n) is 2.13. The van der Waals surface area contributed by atoms with Crippen LogP contribution in [0.25, 0.3) is 10.2 Å². The van der Waals surface area contributed by atoms with Crippen molar-refractivity contribution in [1.29, 1.82) is 0 Å². The number of nitrogens with one attached hydrogen (secondary N) is 1. The molecule has 0 unspecified atom stereocenters. The Labute approximate surface area is 148 Å². The monoisotopic (exact) mass is 361 g/mol. The molecule has 0 aromatic carbocycles. The molecule has 0 spiro atoms. The van der Waals surface area contributed by atoms with Gasteiger partial charge in [0.1, 0.15) is 17.2 Å². The summed E-state index contributed by atoms with van der Waals surface area (Å²) in [6.07, 6.45) is 1.53. The number of amides is 1. The van der Waals surface area contributed by atoms with Crippen molar-refractivity contribution in [2.75, 3.05) is 11.1 Å². The summed E-state index contributed by atoms with van der Waals surface area (Å²) in [5.74, 6) is 0.918. The zero-order chi connectivity index (χ0) is 17.3. The molecule has 3 aromatic heterocycles. The van der Waals surface area contributed by atoms with Crippen LogP contribution < -0.4 is 5.32 Å². The molecule has 0 saturated heterocycles. The molecule has 126 valence electrons. The van der Waals surface area contributed by atoms with Crippen LogP contribution in [-0.4, -0.2) is 31.4 Å². The molecule has 3 aromatic rings. The van der Waals surface area contributed by atoms with Gasteiger partial charge in [-0.2, -0.15) is 5.10 Å². The van der Waals surface area contributed by atoms with Gasteiger partial charge >= 0.3 is 0 Å². The van der Waals surface area contributed by atoms with Crippen LogP contribution in [0.15, 0.2) is 28.9 Å².